The van der Waals surface area contributed by atoms with Crippen LogP contribution in [-0.4, -0.2) is 42.9 Å². The number of nitrogens with zero attached hydrogens (tertiary/aromatic N) is 2. The van der Waals surface area contributed by atoms with Crippen LogP contribution in [-0.2, 0) is 9.59 Å². The first-order chi connectivity index (χ1) is 13.6. The van der Waals surface area contributed by atoms with Crippen molar-refractivity contribution < 1.29 is 9.59 Å². The summed E-state index contributed by atoms with van der Waals surface area (Å²) in [7, 11) is 0. The van der Waals surface area contributed by atoms with Gasteiger partial charge in [-0.25, -0.2) is 0 Å². The number of benzene rings is 1. The molecule has 2 fully saturated rings. The predicted molar refractivity (Wildman–Crippen MR) is 113 cm³/mol. The number of carbonyl (C=O) groups is 2. The quantitative estimate of drug-likeness (QED) is 0.864. The van der Waals surface area contributed by atoms with Gasteiger partial charge in [0, 0.05) is 36.6 Å². The van der Waals surface area contributed by atoms with E-state index in [2.05, 4.69) is 11.4 Å². The third-order valence-electron chi connectivity index (χ3n) is 5.71. The Kier molecular flexibility index (Phi) is 5.78. The zero-order valence-corrected chi connectivity index (χ0v) is 17.1. The van der Waals surface area contributed by atoms with Crippen LogP contribution in [0.5, 0.6) is 0 Å². The van der Waals surface area contributed by atoms with Gasteiger partial charge >= 0.3 is 0 Å². The van der Waals surface area contributed by atoms with Crippen molar-refractivity contribution in [3.05, 3.63) is 52.2 Å². The van der Waals surface area contributed by atoms with Crippen LogP contribution in [0.4, 0.5) is 5.69 Å². The van der Waals surface area contributed by atoms with Crippen LogP contribution < -0.4 is 10.2 Å². The van der Waals surface area contributed by atoms with Gasteiger partial charge < -0.3 is 15.1 Å². The molecule has 6 heteroatoms. The van der Waals surface area contributed by atoms with Gasteiger partial charge in [0.25, 0.3) is 0 Å². The van der Waals surface area contributed by atoms with Gasteiger partial charge in [0.15, 0.2) is 0 Å². The highest BCUT2D eigenvalue weighted by atomic mass is 32.1. The Bertz CT molecular complexity index is 811. The first kappa shape index (κ1) is 19.2. The van der Waals surface area contributed by atoms with Crippen molar-refractivity contribution in [1.29, 1.82) is 0 Å². The van der Waals surface area contributed by atoms with E-state index in [1.807, 2.05) is 52.4 Å². The zero-order chi connectivity index (χ0) is 19.5. The number of hydrogen-bond acceptors (Lipinski definition) is 4. The average Bonchev–Trinajstić information content (AvgIpc) is 3.10. The summed E-state index contributed by atoms with van der Waals surface area (Å²) in [5.74, 6) is 0.0892. The SMILES string of the molecule is Cc1ccc(N2C(=O)CCC(C(=O)N3CCCNCC3)C2c2cccs2)cc1. The van der Waals surface area contributed by atoms with Gasteiger partial charge in [0.1, 0.15) is 0 Å². The second-order valence-electron chi connectivity index (χ2n) is 7.63. The molecule has 0 radical (unpaired) electrons. The summed E-state index contributed by atoms with van der Waals surface area (Å²) in [6, 6.07) is 11.9. The van der Waals surface area contributed by atoms with Crippen LogP contribution in [0, 0.1) is 12.8 Å². The average molecular weight is 398 g/mol. The third-order valence-corrected chi connectivity index (χ3v) is 6.66. The van der Waals surface area contributed by atoms with E-state index in [1.165, 1.54) is 0 Å². The van der Waals surface area contributed by atoms with Gasteiger partial charge in [-0.3, -0.25) is 9.59 Å². The van der Waals surface area contributed by atoms with Gasteiger partial charge in [-0.2, -0.15) is 0 Å². The molecule has 2 unspecified atom stereocenters. The molecule has 2 atom stereocenters. The molecule has 28 heavy (non-hydrogen) atoms. The fraction of sp³-hybridized carbons (Fsp3) is 0.455. The fourth-order valence-electron chi connectivity index (χ4n) is 4.25. The Morgan fingerprint density at radius 1 is 1.14 bits per heavy atom. The van der Waals surface area contributed by atoms with Crippen molar-refractivity contribution in [2.75, 3.05) is 31.1 Å². The van der Waals surface area contributed by atoms with Crippen molar-refractivity contribution in [3.8, 4) is 0 Å². The molecule has 2 aliphatic heterocycles. The van der Waals surface area contributed by atoms with Crippen LogP contribution in [0.25, 0.3) is 0 Å². The Balaban J connectivity index is 1.70. The van der Waals surface area contributed by atoms with Gasteiger partial charge in [0.05, 0.1) is 12.0 Å². The number of carbonyl (C=O) groups excluding carboxylic acids is 2. The smallest absolute Gasteiger partial charge is 0.228 e. The number of aryl methyl sites for hydroxylation is 1. The molecule has 1 N–H and O–H groups in total. The van der Waals surface area contributed by atoms with E-state index in [1.54, 1.807) is 11.3 Å². The molecule has 0 saturated carbocycles. The van der Waals surface area contributed by atoms with Crippen molar-refractivity contribution in [3.63, 3.8) is 0 Å². The van der Waals surface area contributed by atoms with E-state index >= 15 is 0 Å². The molecule has 148 valence electrons. The van der Waals surface area contributed by atoms with E-state index in [0.717, 1.165) is 48.7 Å². The lowest BCUT2D eigenvalue weighted by molar-refractivity contribution is -0.138. The summed E-state index contributed by atoms with van der Waals surface area (Å²) < 4.78 is 0. The van der Waals surface area contributed by atoms with Gasteiger partial charge in [-0.05, 0) is 49.9 Å². The van der Waals surface area contributed by atoms with Crippen molar-refractivity contribution in [1.82, 2.24) is 10.2 Å². The third kappa shape index (κ3) is 3.84. The molecular weight excluding hydrogens is 370 g/mol. The van der Waals surface area contributed by atoms with E-state index in [9.17, 15) is 9.59 Å². The molecule has 2 aromatic rings. The maximum atomic E-state index is 13.5. The van der Waals surface area contributed by atoms with E-state index in [4.69, 9.17) is 0 Å². The molecular formula is C22H27N3O2S. The van der Waals surface area contributed by atoms with Crippen LogP contribution >= 0.6 is 11.3 Å². The molecule has 0 aliphatic carbocycles. The largest absolute Gasteiger partial charge is 0.341 e. The number of anilines is 1. The number of nitrogens with one attached hydrogen (secondary N) is 1. The Hall–Kier alpha value is -2.18. The number of thiophene rings is 1. The molecule has 3 heterocycles. The molecule has 2 aliphatic rings. The van der Waals surface area contributed by atoms with Crippen molar-refractivity contribution in [2.45, 2.75) is 32.2 Å². The summed E-state index contributed by atoms with van der Waals surface area (Å²) in [5, 5.41) is 5.39. The molecule has 0 bridgehead atoms. The Labute approximate surface area is 170 Å². The molecule has 0 spiro atoms. The van der Waals surface area contributed by atoms with Gasteiger partial charge in [-0.1, -0.05) is 23.8 Å². The zero-order valence-electron chi connectivity index (χ0n) is 16.3. The summed E-state index contributed by atoms with van der Waals surface area (Å²) >= 11 is 1.63. The highest BCUT2D eigenvalue weighted by Crippen LogP contribution is 2.42. The van der Waals surface area contributed by atoms with Crippen molar-refractivity contribution >= 4 is 28.8 Å². The molecule has 2 saturated heterocycles. The lowest BCUT2D eigenvalue weighted by atomic mass is 9.85. The van der Waals surface area contributed by atoms with E-state index in [-0.39, 0.29) is 23.8 Å². The lowest BCUT2D eigenvalue weighted by Gasteiger charge is -2.41. The first-order valence-electron chi connectivity index (χ1n) is 10.1. The fourth-order valence-corrected chi connectivity index (χ4v) is 5.13. The predicted octanol–water partition coefficient (Wildman–Crippen LogP) is 3.36. The van der Waals surface area contributed by atoms with Crippen LogP contribution in [0.15, 0.2) is 41.8 Å². The Morgan fingerprint density at radius 2 is 1.96 bits per heavy atom. The minimum absolute atomic E-state index is 0.101. The highest BCUT2D eigenvalue weighted by Gasteiger charge is 2.43. The monoisotopic (exact) mass is 397 g/mol. The summed E-state index contributed by atoms with van der Waals surface area (Å²) in [4.78, 5) is 31.4. The second kappa shape index (κ2) is 8.45. The molecule has 5 nitrogen and oxygen atoms in total. The number of amides is 2. The molecule has 2 amide bonds. The second-order valence-corrected chi connectivity index (χ2v) is 8.61. The van der Waals surface area contributed by atoms with Crippen LogP contribution in [0.2, 0.25) is 0 Å². The lowest BCUT2D eigenvalue weighted by Crippen LogP contribution is -2.49. The molecule has 4 rings (SSSR count). The summed E-state index contributed by atoms with van der Waals surface area (Å²) in [5.41, 5.74) is 2.04. The topological polar surface area (TPSA) is 52.7 Å². The van der Waals surface area contributed by atoms with E-state index < -0.39 is 0 Å². The normalized spacial score (nSPS) is 23.5. The first-order valence-corrected chi connectivity index (χ1v) is 10.9. The Morgan fingerprint density at radius 3 is 2.71 bits per heavy atom. The van der Waals surface area contributed by atoms with Crippen LogP contribution in [0.1, 0.15) is 35.7 Å². The summed E-state index contributed by atoms with van der Waals surface area (Å²) in [6.07, 6.45) is 2.01. The summed E-state index contributed by atoms with van der Waals surface area (Å²) in [6.45, 7) is 5.36. The van der Waals surface area contributed by atoms with E-state index in [0.29, 0.717) is 12.8 Å². The highest BCUT2D eigenvalue weighted by molar-refractivity contribution is 7.10. The van der Waals surface area contributed by atoms with Gasteiger partial charge in [0.2, 0.25) is 11.8 Å². The number of piperidine rings is 1. The maximum absolute atomic E-state index is 13.5. The minimum atomic E-state index is -0.229. The van der Waals surface area contributed by atoms with Crippen molar-refractivity contribution in [2.24, 2.45) is 5.92 Å². The van der Waals surface area contributed by atoms with Crippen LogP contribution in [0.3, 0.4) is 0 Å². The minimum Gasteiger partial charge on any atom is -0.341 e. The standard InChI is InChI=1S/C22H27N3O2S/c1-16-5-7-17(8-6-16)25-20(26)10-9-18(21(25)19-4-2-15-28-19)22(27)24-13-3-11-23-12-14-24/h2,4-8,15,18,21,23H,3,9-14H2,1H3. The number of rotatable bonds is 3. The number of hydrogen-bond donors (Lipinski definition) is 1. The van der Waals surface area contributed by atoms with Gasteiger partial charge in [-0.15, -0.1) is 11.3 Å². The maximum Gasteiger partial charge on any atom is 0.228 e. The molecule has 1 aromatic heterocycles. The molecule has 1 aromatic carbocycles.